The van der Waals surface area contributed by atoms with Crippen LogP contribution in [0.2, 0.25) is 0 Å². The lowest BCUT2D eigenvalue weighted by Crippen LogP contribution is -2.23. The fraction of sp³-hybridized carbons (Fsp3) is 1.00. The van der Waals surface area contributed by atoms with Gasteiger partial charge < -0.3 is 5.11 Å². The van der Waals surface area contributed by atoms with Crippen molar-refractivity contribution in [3.63, 3.8) is 0 Å². The average Bonchev–Trinajstić information content (AvgIpc) is 2.36. The van der Waals surface area contributed by atoms with Crippen LogP contribution in [0, 0.1) is 11.8 Å². The van der Waals surface area contributed by atoms with Crippen molar-refractivity contribution in [2.75, 3.05) is 0 Å². The Morgan fingerprint density at radius 1 is 1.20 bits per heavy atom. The van der Waals surface area contributed by atoms with E-state index in [1.54, 1.807) is 0 Å². The summed E-state index contributed by atoms with van der Waals surface area (Å²) < 4.78 is 0. The number of rotatable bonds is 2. The molecular weight excluding hydrogens is 124 g/mol. The molecule has 0 bridgehead atoms. The smallest absolute Gasteiger partial charge is 0.0591 e. The lowest BCUT2D eigenvalue weighted by atomic mass is 9.92. The fourth-order valence-electron chi connectivity index (χ4n) is 1.84. The van der Waals surface area contributed by atoms with Crippen LogP contribution in [0.5, 0.6) is 0 Å². The summed E-state index contributed by atoms with van der Waals surface area (Å²) in [6, 6.07) is 0. The lowest BCUT2D eigenvalue weighted by molar-refractivity contribution is 0.0673. The summed E-state index contributed by atoms with van der Waals surface area (Å²) in [5.41, 5.74) is 0. The molecule has 0 spiro atoms. The second-order valence-electron chi connectivity index (χ2n) is 3.78. The molecule has 1 aliphatic rings. The van der Waals surface area contributed by atoms with E-state index < -0.39 is 0 Å². The largest absolute Gasteiger partial charge is 0.393 e. The third-order valence-electron chi connectivity index (χ3n) is 2.57. The third kappa shape index (κ3) is 1.72. The molecule has 0 aromatic heterocycles. The summed E-state index contributed by atoms with van der Waals surface area (Å²) in [7, 11) is 0. The van der Waals surface area contributed by atoms with Gasteiger partial charge in [0.2, 0.25) is 0 Å². The van der Waals surface area contributed by atoms with Crippen LogP contribution < -0.4 is 0 Å². The maximum atomic E-state index is 9.63. The molecule has 1 fully saturated rings. The van der Waals surface area contributed by atoms with E-state index in [9.17, 15) is 5.11 Å². The minimum atomic E-state index is -0.0394. The molecule has 1 unspecified atom stereocenters. The van der Waals surface area contributed by atoms with Gasteiger partial charge in [0, 0.05) is 0 Å². The topological polar surface area (TPSA) is 20.2 Å². The van der Waals surface area contributed by atoms with E-state index in [1.807, 2.05) is 0 Å². The van der Waals surface area contributed by atoms with E-state index >= 15 is 0 Å². The Morgan fingerprint density at radius 2 is 1.70 bits per heavy atom. The Morgan fingerprint density at radius 3 is 2.10 bits per heavy atom. The SMILES string of the molecule is CC(C)C(O)C1CCCC1. The van der Waals surface area contributed by atoms with Crippen molar-refractivity contribution in [2.45, 2.75) is 45.6 Å². The van der Waals surface area contributed by atoms with E-state index in [0.717, 1.165) is 0 Å². The molecule has 1 N–H and O–H groups in total. The van der Waals surface area contributed by atoms with Crippen molar-refractivity contribution in [2.24, 2.45) is 11.8 Å². The van der Waals surface area contributed by atoms with Crippen molar-refractivity contribution in [1.29, 1.82) is 0 Å². The predicted molar refractivity (Wildman–Crippen MR) is 42.8 cm³/mol. The van der Waals surface area contributed by atoms with Gasteiger partial charge in [0.1, 0.15) is 0 Å². The first-order chi connectivity index (χ1) is 4.72. The zero-order valence-corrected chi connectivity index (χ0v) is 7.01. The highest BCUT2D eigenvalue weighted by Gasteiger charge is 2.24. The zero-order chi connectivity index (χ0) is 7.56. The number of hydrogen-bond acceptors (Lipinski definition) is 1. The Hall–Kier alpha value is -0.0400. The maximum absolute atomic E-state index is 9.63. The first-order valence-corrected chi connectivity index (χ1v) is 4.40. The minimum absolute atomic E-state index is 0.0394. The molecular formula is C9H18O. The molecule has 1 rings (SSSR count). The summed E-state index contributed by atoms with van der Waals surface area (Å²) in [6.45, 7) is 4.20. The van der Waals surface area contributed by atoms with Crippen LogP contribution in [0.4, 0.5) is 0 Å². The highest BCUT2D eigenvalue weighted by atomic mass is 16.3. The summed E-state index contributed by atoms with van der Waals surface area (Å²) >= 11 is 0. The van der Waals surface area contributed by atoms with E-state index in [2.05, 4.69) is 13.8 Å². The van der Waals surface area contributed by atoms with Crippen molar-refractivity contribution < 1.29 is 5.11 Å². The second-order valence-corrected chi connectivity index (χ2v) is 3.78. The van der Waals surface area contributed by atoms with Crippen LogP contribution in [0.1, 0.15) is 39.5 Å². The molecule has 0 aliphatic heterocycles. The van der Waals surface area contributed by atoms with Gasteiger partial charge in [-0.2, -0.15) is 0 Å². The van der Waals surface area contributed by atoms with Crippen LogP contribution >= 0.6 is 0 Å². The molecule has 60 valence electrons. The number of aliphatic hydroxyl groups is 1. The van der Waals surface area contributed by atoms with Crippen molar-refractivity contribution in [3.05, 3.63) is 0 Å². The summed E-state index contributed by atoms with van der Waals surface area (Å²) in [4.78, 5) is 0. The number of aliphatic hydroxyl groups excluding tert-OH is 1. The van der Waals surface area contributed by atoms with Crippen molar-refractivity contribution >= 4 is 0 Å². The summed E-state index contributed by atoms with van der Waals surface area (Å²) in [5.74, 6) is 1.06. The van der Waals surface area contributed by atoms with Gasteiger partial charge in [-0.05, 0) is 24.7 Å². The predicted octanol–water partition coefficient (Wildman–Crippen LogP) is 2.19. The van der Waals surface area contributed by atoms with Gasteiger partial charge in [0.25, 0.3) is 0 Å². The van der Waals surface area contributed by atoms with Gasteiger partial charge in [-0.25, -0.2) is 0 Å². The monoisotopic (exact) mass is 142 g/mol. The molecule has 10 heavy (non-hydrogen) atoms. The fourth-order valence-corrected chi connectivity index (χ4v) is 1.84. The number of hydrogen-bond donors (Lipinski definition) is 1. The Kier molecular flexibility index (Phi) is 2.72. The quantitative estimate of drug-likeness (QED) is 0.626. The Labute approximate surface area is 63.4 Å². The van der Waals surface area contributed by atoms with E-state index in [0.29, 0.717) is 11.8 Å². The molecule has 1 atom stereocenters. The van der Waals surface area contributed by atoms with Gasteiger partial charge in [-0.3, -0.25) is 0 Å². The van der Waals surface area contributed by atoms with Gasteiger partial charge in [0.15, 0.2) is 0 Å². The first-order valence-electron chi connectivity index (χ1n) is 4.40. The molecule has 0 radical (unpaired) electrons. The lowest BCUT2D eigenvalue weighted by Gasteiger charge is -2.20. The average molecular weight is 142 g/mol. The maximum Gasteiger partial charge on any atom is 0.0591 e. The molecule has 1 heteroatoms. The summed E-state index contributed by atoms with van der Waals surface area (Å²) in [5, 5.41) is 9.63. The van der Waals surface area contributed by atoms with Crippen LogP contribution in [0.25, 0.3) is 0 Å². The Balaban J connectivity index is 2.32. The Bertz CT molecular complexity index is 92.9. The normalized spacial score (nSPS) is 24.0. The van der Waals surface area contributed by atoms with Crippen LogP contribution in [0.3, 0.4) is 0 Å². The molecule has 1 nitrogen and oxygen atoms in total. The van der Waals surface area contributed by atoms with Crippen LogP contribution in [-0.4, -0.2) is 11.2 Å². The van der Waals surface area contributed by atoms with Crippen molar-refractivity contribution in [1.82, 2.24) is 0 Å². The molecule has 1 saturated carbocycles. The first kappa shape index (κ1) is 8.06. The highest BCUT2D eigenvalue weighted by Crippen LogP contribution is 2.30. The van der Waals surface area contributed by atoms with E-state index in [-0.39, 0.29) is 6.10 Å². The molecule has 0 aromatic rings. The molecule has 1 aliphatic carbocycles. The standard InChI is InChI=1S/C9H18O/c1-7(2)9(10)8-5-3-4-6-8/h7-10H,3-6H2,1-2H3. The van der Waals surface area contributed by atoms with Crippen LogP contribution in [0.15, 0.2) is 0 Å². The van der Waals surface area contributed by atoms with Crippen LogP contribution in [-0.2, 0) is 0 Å². The van der Waals surface area contributed by atoms with Gasteiger partial charge in [0.05, 0.1) is 6.10 Å². The molecule has 0 heterocycles. The van der Waals surface area contributed by atoms with E-state index in [4.69, 9.17) is 0 Å². The van der Waals surface area contributed by atoms with Gasteiger partial charge in [-0.15, -0.1) is 0 Å². The van der Waals surface area contributed by atoms with Gasteiger partial charge in [-0.1, -0.05) is 26.7 Å². The van der Waals surface area contributed by atoms with E-state index in [1.165, 1.54) is 25.7 Å². The zero-order valence-electron chi connectivity index (χ0n) is 7.01. The minimum Gasteiger partial charge on any atom is -0.393 e. The molecule has 0 aromatic carbocycles. The van der Waals surface area contributed by atoms with Crippen molar-refractivity contribution in [3.8, 4) is 0 Å². The summed E-state index contributed by atoms with van der Waals surface area (Å²) in [6.07, 6.45) is 5.11. The third-order valence-corrected chi connectivity index (χ3v) is 2.57. The molecule has 0 saturated heterocycles. The second kappa shape index (κ2) is 3.38. The molecule has 0 amide bonds. The van der Waals surface area contributed by atoms with Gasteiger partial charge >= 0.3 is 0 Å². The highest BCUT2D eigenvalue weighted by molar-refractivity contribution is 4.76.